The lowest BCUT2D eigenvalue weighted by atomic mass is 10.2. The second-order valence-electron chi connectivity index (χ2n) is 3.72. The number of hydrogen-bond acceptors (Lipinski definition) is 4. The van der Waals surface area contributed by atoms with Crippen molar-refractivity contribution in [1.82, 2.24) is 4.68 Å². The molecule has 0 saturated heterocycles. The maximum atomic E-state index is 5.18. The number of hydrogen-bond donors (Lipinski definition) is 0. The quantitative estimate of drug-likeness (QED) is 0.781. The van der Waals surface area contributed by atoms with Crippen LogP contribution in [0.1, 0.15) is 11.3 Å². The van der Waals surface area contributed by atoms with Crippen LogP contribution in [0.3, 0.4) is 0 Å². The first kappa shape index (κ1) is 12.6. The van der Waals surface area contributed by atoms with Gasteiger partial charge in [-0.3, -0.25) is 4.99 Å². The smallest absolute Gasteiger partial charge is 0.205 e. The van der Waals surface area contributed by atoms with Crippen molar-refractivity contribution in [3.8, 4) is 5.75 Å². The van der Waals surface area contributed by atoms with Crippen molar-refractivity contribution >= 4 is 17.6 Å². The molecule has 0 saturated carbocycles. The molecule has 0 fully saturated rings. The van der Waals surface area contributed by atoms with Crippen LogP contribution in [0.15, 0.2) is 39.7 Å². The molecule has 1 aromatic heterocycles. The summed E-state index contributed by atoms with van der Waals surface area (Å²) in [7, 11) is 3.42. The SMILES string of the molecule is CN=c1scc(C)n1/N=C/c1cccc(OC)c1. The van der Waals surface area contributed by atoms with Crippen LogP contribution in [0.2, 0.25) is 0 Å². The Labute approximate surface area is 110 Å². The summed E-state index contributed by atoms with van der Waals surface area (Å²) in [6.07, 6.45) is 1.80. The molecule has 0 atom stereocenters. The van der Waals surface area contributed by atoms with Crippen LogP contribution in [-0.2, 0) is 0 Å². The average Bonchev–Trinajstić information content (AvgIpc) is 2.77. The van der Waals surface area contributed by atoms with Gasteiger partial charge in [-0.05, 0) is 24.6 Å². The third-order valence-electron chi connectivity index (χ3n) is 2.46. The van der Waals surface area contributed by atoms with Gasteiger partial charge in [-0.25, -0.2) is 4.68 Å². The lowest BCUT2D eigenvalue weighted by molar-refractivity contribution is 0.415. The van der Waals surface area contributed by atoms with Gasteiger partial charge in [0.05, 0.1) is 19.0 Å². The van der Waals surface area contributed by atoms with Gasteiger partial charge in [0.15, 0.2) is 0 Å². The number of methoxy groups -OCH3 is 1. The second-order valence-corrected chi connectivity index (χ2v) is 4.55. The van der Waals surface area contributed by atoms with Crippen LogP contribution < -0.4 is 9.54 Å². The first-order valence-corrected chi connectivity index (χ1v) is 6.41. The highest BCUT2D eigenvalue weighted by Gasteiger charge is 1.98. The summed E-state index contributed by atoms with van der Waals surface area (Å²) in [6.45, 7) is 2.01. The maximum absolute atomic E-state index is 5.18. The van der Waals surface area contributed by atoms with E-state index in [4.69, 9.17) is 4.74 Å². The summed E-state index contributed by atoms with van der Waals surface area (Å²) in [4.78, 5) is 5.06. The minimum atomic E-state index is 0.825. The van der Waals surface area contributed by atoms with E-state index in [2.05, 4.69) is 10.1 Å². The van der Waals surface area contributed by atoms with Gasteiger partial charge in [0.2, 0.25) is 4.80 Å². The summed E-state index contributed by atoms with van der Waals surface area (Å²) in [5.41, 5.74) is 2.06. The van der Waals surface area contributed by atoms with Gasteiger partial charge in [-0.2, -0.15) is 5.10 Å². The van der Waals surface area contributed by atoms with Crippen molar-refractivity contribution in [2.75, 3.05) is 14.2 Å². The standard InChI is InChI=1S/C13H15N3OS/c1-10-9-18-13(14-2)16(10)15-8-11-5-4-6-12(7-11)17-3/h4-9H,1-3H3/b14-13?,15-8+. The molecule has 0 radical (unpaired) electrons. The molecule has 0 N–H and O–H groups in total. The molecule has 4 nitrogen and oxygen atoms in total. The van der Waals surface area contributed by atoms with Gasteiger partial charge < -0.3 is 4.74 Å². The fourth-order valence-corrected chi connectivity index (χ4v) is 2.29. The number of benzene rings is 1. The Morgan fingerprint density at radius 1 is 1.39 bits per heavy atom. The number of rotatable bonds is 3. The lowest BCUT2D eigenvalue weighted by Gasteiger charge is -2.00. The largest absolute Gasteiger partial charge is 0.497 e. The van der Waals surface area contributed by atoms with E-state index >= 15 is 0 Å². The molecule has 0 aliphatic carbocycles. The number of ether oxygens (including phenoxy) is 1. The maximum Gasteiger partial charge on any atom is 0.205 e. The minimum absolute atomic E-state index is 0.825. The van der Waals surface area contributed by atoms with E-state index in [1.165, 1.54) is 0 Å². The van der Waals surface area contributed by atoms with Crippen molar-refractivity contribution in [2.45, 2.75) is 6.92 Å². The van der Waals surface area contributed by atoms with Crippen LogP contribution in [0, 0.1) is 6.92 Å². The molecule has 0 bridgehead atoms. The molecule has 0 spiro atoms. The lowest BCUT2D eigenvalue weighted by Crippen LogP contribution is -2.11. The Morgan fingerprint density at radius 2 is 2.22 bits per heavy atom. The number of nitrogens with zero attached hydrogens (tertiary/aromatic N) is 3. The summed E-state index contributed by atoms with van der Waals surface area (Å²) in [5.74, 6) is 0.825. The van der Waals surface area contributed by atoms with Gasteiger partial charge in [-0.15, -0.1) is 11.3 Å². The van der Waals surface area contributed by atoms with Gasteiger partial charge in [0.1, 0.15) is 5.75 Å². The van der Waals surface area contributed by atoms with Crippen molar-refractivity contribution < 1.29 is 4.74 Å². The zero-order valence-electron chi connectivity index (χ0n) is 10.6. The molecule has 1 aromatic carbocycles. The van der Waals surface area contributed by atoms with Crippen molar-refractivity contribution in [3.63, 3.8) is 0 Å². The molecule has 0 unspecified atom stereocenters. The Kier molecular flexibility index (Phi) is 3.94. The topological polar surface area (TPSA) is 38.9 Å². The zero-order chi connectivity index (χ0) is 13.0. The van der Waals surface area contributed by atoms with E-state index in [0.717, 1.165) is 21.8 Å². The summed E-state index contributed by atoms with van der Waals surface area (Å²) in [6, 6.07) is 7.77. The first-order valence-electron chi connectivity index (χ1n) is 5.53. The van der Waals surface area contributed by atoms with E-state index in [9.17, 15) is 0 Å². The predicted octanol–water partition coefficient (Wildman–Crippen LogP) is 2.28. The molecule has 18 heavy (non-hydrogen) atoms. The summed E-state index contributed by atoms with van der Waals surface area (Å²) >= 11 is 1.58. The first-order chi connectivity index (χ1) is 8.74. The van der Waals surface area contributed by atoms with Crippen LogP contribution in [0.5, 0.6) is 5.75 Å². The fourth-order valence-electron chi connectivity index (χ4n) is 1.52. The third kappa shape index (κ3) is 2.68. The Bertz CT molecular complexity index is 625. The van der Waals surface area contributed by atoms with Gasteiger partial charge in [0.25, 0.3) is 0 Å². The Morgan fingerprint density at radius 3 is 2.94 bits per heavy atom. The molecule has 1 heterocycles. The molecule has 2 rings (SSSR count). The highest BCUT2D eigenvalue weighted by atomic mass is 32.1. The molecule has 2 aromatic rings. The highest BCUT2D eigenvalue weighted by Crippen LogP contribution is 2.11. The van der Waals surface area contributed by atoms with Crippen LogP contribution >= 0.6 is 11.3 Å². The van der Waals surface area contributed by atoms with Gasteiger partial charge >= 0.3 is 0 Å². The Balaban J connectivity index is 2.32. The van der Waals surface area contributed by atoms with E-state index < -0.39 is 0 Å². The zero-order valence-corrected chi connectivity index (χ0v) is 11.4. The number of thiazole rings is 1. The summed E-state index contributed by atoms with van der Waals surface area (Å²) < 4.78 is 7.00. The van der Waals surface area contributed by atoms with E-state index in [1.807, 2.05) is 41.2 Å². The summed E-state index contributed by atoms with van der Waals surface area (Å²) in [5, 5.41) is 6.47. The molecule has 0 aliphatic rings. The van der Waals surface area contributed by atoms with E-state index in [-0.39, 0.29) is 0 Å². The van der Waals surface area contributed by atoms with Gasteiger partial charge in [0, 0.05) is 12.4 Å². The second kappa shape index (κ2) is 5.64. The van der Waals surface area contributed by atoms with E-state index in [0.29, 0.717) is 0 Å². The normalized spacial score (nSPS) is 12.3. The molecule has 5 heteroatoms. The third-order valence-corrected chi connectivity index (χ3v) is 3.48. The number of aromatic nitrogens is 1. The van der Waals surface area contributed by atoms with Crippen molar-refractivity contribution in [2.24, 2.45) is 10.1 Å². The molecule has 0 aliphatic heterocycles. The van der Waals surface area contributed by atoms with Crippen LogP contribution in [0.4, 0.5) is 0 Å². The molecular formula is C13H15N3OS. The van der Waals surface area contributed by atoms with Crippen LogP contribution in [0.25, 0.3) is 0 Å². The monoisotopic (exact) mass is 261 g/mol. The minimum Gasteiger partial charge on any atom is -0.497 e. The van der Waals surface area contributed by atoms with Crippen molar-refractivity contribution in [1.29, 1.82) is 0 Å². The van der Waals surface area contributed by atoms with Crippen molar-refractivity contribution in [3.05, 3.63) is 45.7 Å². The molecular weight excluding hydrogens is 246 g/mol. The number of aryl methyl sites for hydroxylation is 1. The Hall–Kier alpha value is -1.88. The fraction of sp³-hybridized carbons (Fsp3) is 0.231. The average molecular weight is 261 g/mol. The predicted molar refractivity (Wildman–Crippen MR) is 74.5 cm³/mol. The van der Waals surface area contributed by atoms with Crippen LogP contribution in [-0.4, -0.2) is 25.0 Å². The highest BCUT2D eigenvalue weighted by molar-refractivity contribution is 7.07. The van der Waals surface area contributed by atoms with E-state index in [1.54, 1.807) is 31.7 Å². The molecule has 94 valence electrons. The molecule has 0 amide bonds. The van der Waals surface area contributed by atoms with Gasteiger partial charge in [-0.1, -0.05) is 12.1 Å².